The second-order valence-electron chi connectivity index (χ2n) is 4.22. The first-order valence-corrected chi connectivity index (χ1v) is 6.27. The maximum absolute atomic E-state index is 12.4. The number of rotatable bonds is 2. The van der Waals surface area contributed by atoms with E-state index in [1.165, 1.54) is 4.88 Å². The molecule has 1 aromatic heterocycles. The molecular weight excluding hydrogens is 235 g/mol. The van der Waals surface area contributed by atoms with E-state index in [-0.39, 0.29) is 6.42 Å². The smallest absolute Gasteiger partial charge is 0.320 e. The summed E-state index contributed by atoms with van der Waals surface area (Å²) in [7, 11) is 0. The second-order valence-corrected chi connectivity index (χ2v) is 5.19. The Hall–Kier alpha value is -0.550. The zero-order valence-electron chi connectivity index (χ0n) is 8.81. The number of thiophene rings is 1. The van der Waals surface area contributed by atoms with Crippen LogP contribution in [0.4, 0.5) is 13.2 Å². The maximum Gasteiger partial charge on any atom is 0.403 e. The van der Waals surface area contributed by atoms with Gasteiger partial charge in [0, 0.05) is 4.88 Å². The van der Waals surface area contributed by atoms with Crippen LogP contribution in [0.15, 0.2) is 5.38 Å². The molecule has 0 fully saturated rings. The van der Waals surface area contributed by atoms with Gasteiger partial charge >= 0.3 is 6.18 Å². The molecule has 0 bridgehead atoms. The van der Waals surface area contributed by atoms with Gasteiger partial charge in [0.2, 0.25) is 0 Å². The van der Waals surface area contributed by atoms with Crippen molar-refractivity contribution < 1.29 is 13.2 Å². The Morgan fingerprint density at radius 1 is 1.31 bits per heavy atom. The lowest BCUT2D eigenvalue weighted by Crippen LogP contribution is -2.39. The van der Waals surface area contributed by atoms with Crippen molar-refractivity contribution in [1.29, 1.82) is 0 Å². The molecule has 0 radical (unpaired) electrons. The summed E-state index contributed by atoms with van der Waals surface area (Å²) < 4.78 is 37.1. The predicted octanol–water partition coefficient (Wildman–Crippen LogP) is 3.06. The van der Waals surface area contributed by atoms with Gasteiger partial charge in [-0.25, -0.2) is 0 Å². The van der Waals surface area contributed by atoms with E-state index in [0.717, 1.165) is 36.8 Å². The van der Waals surface area contributed by atoms with Gasteiger partial charge in [-0.1, -0.05) is 0 Å². The Bertz CT molecular complexity index is 370. The van der Waals surface area contributed by atoms with Crippen LogP contribution < -0.4 is 5.73 Å². The van der Waals surface area contributed by atoms with E-state index >= 15 is 0 Å². The predicted molar refractivity (Wildman–Crippen MR) is 58.7 cm³/mol. The Morgan fingerprint density at radius 3 is 2.69 bits per heavy atom. The minimum absolute atomic E-state index is 0.0741. The van der Waals surface area contributed by atoms with Crippen molar-refractivity contribution in [2.24, 2.45) is 5.73 Å². The van der Waals surface area contributed by atoms with E-state index in [4.69, 9.17) is 5.73 Å². The Balaban J connectivity index is 2.13. The normalized spacial score (nSPS) is 18.2. The fourth-order valence-electron chi connectivity index (χ4n) is 2.08. The monoisotopic (exact) mass is 249 g/mol. The van der Waals surface area contributed by atoms with Gasteiger partial charge in [0.25, 0.3) is 0 Å². The summed E-state index contributed by atoms with van der Waals surface area (Å²) in [5, 5.41) is 1.85. The van der Waals surface area contributed by atoms with Crippen LogP contribution in [0.5, 0.6) is 0 Å². The molecule has 0 saturated heterocycles. The highest BCUT2D eigenvalue weighted by atomic mass is 32.1. The molecule has 0 amide bonds. The van der Waals surface area contributed by atoms with Crippen molar-refractivity contribution in [2.75, 3.05) is 0 Å². The molecule has 2 rings (SSSR count). The second kappa shape index (κ2) is 4.37. The minimum atomic E-state index is -4.29. The van der Waals surface area contributed by atoms with Crippen LogP contribution in [0.2, 0.25) is 0 Å². The highest BCUT2D eigenvalue weighted by molar-refractivity contribution is 7.10. The molecule has 1 heterocycles. The van der Waals surface area contributed by atoms with Crippen molar-refractivity contribution >= 4 is 11.3 Å². The number of aryl methyl sites for hydroxylation is 1. The van der Waals surface area contributed by atoms with Crippen LogP contribution in [0, 0.1) is 0 Å². The molecule has 1 nitrogen and oxygen atoms in total. The molecule has 1 atom stereocenters. The SMILES string of the molecule is NC(Cc1csc2c1CCCC2)C(F)(F)F. The summed E-state index contributed by atoms with van der Waals surface area (Å²) >= 11 is 1.58. The third-order valence-electron chi connectivity index (χ3n) is 3.01. The van der Waals surface area contributed by atoms with Gasteiger partial charge in [-0.2, -0.15) is 13.2 Å². The Morgan fingerprint density at radius 2 is 2.00 bits per heavy atom. The van der Waals surface area contributed by atoms with Gasteiger partial charge in [-0.15, -0.1) is 11.3 Å². The molecule has 1 aliphatic rings. The molecule has 0 saturated carbocycles. The molecule has 1 aromatic rings. The fourth-order valence-corrected chi connectivity index (χ4v) is 3.25. The summed E-state index contributed by atoms with van der Waals surface area (Å²) in [6.07, 6.45) is -0.199. The van der Waals surface area contributed by atoms with E-state index < -0.39 is 12.2 Å². The van der Waals surface area contributed by atoms with Gasteiger partial charge in [0.05, 0.1) is 0 Å². The van der Waals surface area contributed by atoms with Crippen LogP contribution in [0.25, 0.3) is 0 Å². The average molecular weight is 249 g/mol. The third kappa shape index (κ3) is 2.40. The number of nitrogens with two attached hydrogens (primary N) is 1. The standard InChI is InChI=1S/C11H14F3NS/c12-11(13,14)10(15)5-7-6-16-9-4-2-1-3-8(7)9/h6,10H,1-5,15H2. The zero-order chi connectivity index (χ0) is 11.8. The van der Waals surface area contributed by atoms with E-state index in [2.05, 4.69) is 0 Å². The molecule has 2 N–H and O–H groups in total. The number of fused-ring (bicyclic) bond motifs is 1. The number of hydrogen-bond acceptors (Lipinski definition) is 2. The Kier molecular flexibility index (Phi) is 3.26. The van der Waals surface area contributed by atoms with Crippen molar-refractivity contribution in [3.8, 4) is 0 Å². The molecule has 90 valence electrons. The van der Waals surface area contributed by atoms with Crippen molar-refractivity contribution in [2.45, 2.75) is 44.3 Å². The molecule has 1 unspecified atom stereocenters. The Labute approximate surface area is 96.5 Å². The maximum atomic E-state index is 12.4. The lowest BCUT2D eigenvalue weighted by molar-refractivity contribution is -0.147. The van der Waals surface area contributed by atoms with E-state index in [0.29, 0.717) is 0 Å². The van der Waals surface area contributed by atoms with Crippen LogP contribution in [0.3, 0.4) is 0 Å². The quantitative estimate of drug-likeness (QED) is 0.856. The fraction of sp³-hybridized carbons (Fsp3) is 0.636. The third-order valence-corrected chi connectivity index (χ3v) is 4.15. The van der Waals surface area contributed by atoms with Gasteiger partial charge in [0.15, 0.2) is 0 Å². The van der Waals surface area contributed by atoms with Gasteiger partial charge in [-0.3, -0.25) is 0 Å². The van der Waals surface area contributed by atoms with Crippen LogP contribution >= 0.6 is 11.3 Å². The largest absolute Gasteiger partial charge is 0.403 e. The van der Waals surface area contributed by atoms with Crippen molar-refractivity contribution in [3.05, 3.63) is 21.4 Å². The molecule has 0 aliphatic heterocycles. The highest BCUT2D eigenvalue weighted by Crippen LogP contribution is 2.32. The first-order valence-electron chi connectivity index (χ1n) is 5.39. The lowest BCUT2D eigenvalue weighted by Gasteiger charge is -2.17. The molecule has 16 heavy (non-hydrogen) atoms. The molecule has 1 aliphatic carbocycles. The molecule has 0 aromatic carbocycles. The zero-order valence-corrected chi connectivity index (χ0v) is 9.63. The molecular formula is C11H14F3NS. The summed E-state index contributed by atoms with van der Waals surface area (Å²) in [5.74, 6) is 0. The van der Waals surface area contributed by atoms with E-state index in [9.17, 15) is 13.2 Å². The molecule has 0 spiro atoms. The summed E-state index contributed by atoms with van der Waals surface area (Å²) in [5.41, 5.74) is 7.10. The number of alkyl halides is 3. The lowest BCUT2D eigenvalue weighted by atomic mass is 9.93. The van der Waals surface area contributed by atoms with Crippen LogP contribution in [0.1, 0.15) is 28.8 Å². The van der Waals surface area contributed by atoms with E-state index in [1.807, 2.05) is 5.38 Å². The van der Waals surface area contributed by atoms with Crippen molar-refractivity contribution in [1.82, 2.24) is 0 Å². The van der Waals surface area contributed by atoms with E-state index in [1.54, 1.807) is 11.3 Å². The number of hydrogen-bond donors (Lipinski definition) is 1. The minimum Gasteiger partial charge on any atom is -0.320 e. The van der Waals surface area contributed by atoms with Crippen molar-refractivity contribution in [3.63, 3.8) is 0 Å². The van der Waals surface area contributed by atoms with Gasteiger partial charge < -0.3 is 5.73 Å². The first-order chi connectivity index (χ1) is 7.48. The summed E-state index contributed by atoms with van der Waals surface area (Å²) in [6, 6.07) is -1.73. The van der Waals surface area contributed by atoms with Gasteiger partial charge in [-0.05, 0) is 48.6 Å². The average Bonchev–Trinajstić information content (AvgIpc) is 2.61. The number of halogens is 3. The van der Waals surface area contributed by atoms with Crippen LogP contribution in [-0.4, -0.2) is 12.2 Å². The molecule has 5 heteroatoms. The highest BCUT2D eigenvalue weighted by Gasteiger charge is 2.37. The topological polar surface area (TPSA) is 26.0 Å². The van der Waals surface area contributed by atoms with Gasteiger partial charge in [0.1, 0.15) is 6.04 Å². The van der Waals surface area contributed by atoms with Crippen LogP contribution in [-0.2, 0) is 19.3 Å². The first kappa shape index (κ1) is 11.9. The summed E-state index contributed by atoms with van der Waals surface area (Å²) in [4.78, 5) is 1.26. The summed E-state index contributed by atoms with van der Waals surface area (Å²) in [6.45, 7) is 0.